The molecule has 0 aliphatic carbocycles. The quantitative estimate of drug-likeness (QED) is 0.829. The average molecular weight is 355 g/mol. The minimum Gasteiger partial charge on any atom is -0.487 e. The lowest BCUT2D eigenvalue weighted by Crippen LogP contribution is -1.99. The van der Waals surface area contributed by atoms with Gasteiger partial charge >= 0.3 is 5.97 Å². The first-order chi connectivity index (χ1) is 9.47. The Morgan fingerprint density at radius 1 is 1.35 bits per heavy atom. The number of rotatable bonds is 5. The summed E-state index contributed by atoms with van der Waals surface area (Å²) in [7, 11) is 0. The van der Waals surface area contributed by atoms with E-state index >= 15 is 0 Å². The van der Waals surface area contributed by atoms with Crippen molar-refractivity contribution in [2.24, 2.45) is 0 Å². The van der Waals surface area contributed by atoms with Crippen LogP contribution in [-0.4, -0.2) is 11.1 Å². The average Bonchev–Trinajstić information content (AvgIpc) is 2.82. The molecule has 1 aromatic heterocycles. The van der Waals surface area contributed by atoms with Crippen molar-refractivity contribution >= 4 is 33.2 Å². The summed E-state index contributed by atoms with van der Waals surface area (Å²) >= 11 is 4.66. The monoisotopic (exact) mass is 354 g/mol. The molecule has 2 rings (SSSR count). The number of halogens is 1. The maximum absolute atomic E-state index is 11.2. The van der Waals surface area contributed by atoms with Crippen molar-refractivity contribution in [2.75, 3.05) is 0 Å². The van der Waals surface area contributed by atoms with Crippen LogP contribution in [-0.2, 0) is 6.61 Å². The summed E-state index contributed by atoms with van der Waals surface area (Å²) in [5.41, 5.74) is 1.00. The molecule has 0 spiro atoms. The Balaban J connectivity index is 2.15. The molecular formula is C15H15BrO3S. The molecule has 0 radical (unpaired) electrons. The van der Waals surface area contributed by atoms with Gasteiger partial charge in [0.2, 0.25) is 0 Å². The Bertz CT molecular complexity index is 602. The molecule has 0 fully saturated rings. The number of aromatic carboxylic acids is 1. The first kappa shape index (κ1) is 15.1. The number of benzene rings is 1. The van der Waals surface area contributed by atoms with Crippen LogP contribution in [0.25, 0.3) is 0 Å². The molecule has 0 atom stereocenters. The third kappa shape index (κ3) is 3.61. The molecule has 1 aromatic carbocycles. The highest BCUT2D eigenvalue weighted by atomic mass is 79.9. The molecule has 1 heterocycles. The summed E-state index contributed by atoms with van der Waals surface area (Å²) in [4.78, 5) is 12.5. The summed E-state index contributed by atoms with van der Waals surface area (Å²) in [5.74, 6) is -0.190. The van der Waals surface area contributed by atoms with Crippen molar-refractivity contribution in [3.63, 3.8) is 0 Å². The zero-order chi connectivity index (χ0) is 14.7. The predicted molar refractivity (Wildman–Crippen MR) is 83.8 cm³/mol. The van der Waals surface area contributed by atoms with E-state index in [9.17, 15) is 9.90 Å². The van der Waals surface area contributed by atoms with Crippen molar-refractivity contribution in [1.29, 1.82) is 0 Å². The van der Waals surface area contributed by atoms with Crippen LogP contribution in [0.3, 0.4) is 0 Å². The van der Waals surface area contributed by atoms with Gasteiger partial charge < -0.3 is 9.84 Å². The number of carboxylic acid groups (broad SMARTS) is 1. The summed E-state index contributed by atoms with van der Waals surface area (Å²) in [6.45, 7) is 4.44. The molecule has 2 aromatic rings. The van der Waals surface area contributed by atoms with E-state index in [4.69, 9.17) is 4.74 Å². The van der Waals surface area contributed by atoms with Gasteiger partial charge in [0.25, 0.3) is 0 Å². The van der Waals surface area contributed by atoms with E-state index in [0.29, 0.717) is 18.3 Å². The van der Waals surface area contributed by atoms with Crippen LogP contribution >= 0.6 is 27.3 Å². The fourth-order valence-electron chi connectivity index (χ4n) is 1.67. The van der Waals surface area contributed by atoms with Crippen molar-refractivity contribution < 1.29 is 14.6 Å². The molecule has 20 heavy (non-hydrogen) atoms. The molecule has 0 unspecified atom stereocenters. The Morgan fingerprint density at radius 3 is 2.55 bits per heavy atom. The molecular weight excluding hydrogens is 340 g/mol. The van der Waals surface area contributed by atoms with Gasteiger partial charge in [0.15, 0.2) is 4.88 Å². The van der Waals surface area contributed by atoms with Crippen LogP contribution in [0.5, 0.6) is 5.75 Å². The Morgan fingerprint density at radius 2 is 2.00 bits per heavy atom. The molecule has 0 bridgehead atoms. The van der Waals surface area contributed by atoms with Gasteiger partial charge in [-0.25, -0.2) is 4.79 Å². The van der Waals surface area contributed by atoms with Crippen molar-refractivity contribution in [1.82, 2.24) is 0 Å². The molecule has 0 saturated heterocycles. The lowest BCUT2D eigenvalue weighted by atomic mass is 10.2. The van der Waals surface area contributed by atoms with E-state index in [1.165, 1.54) is 11.3 Å². The van der Waals surface area contributed by atoms with Crippen molar-refractivity contribution in [2.45, 2.75) is 26.4 Å². The van der Waals surface area contributed by atoms with E-state index < -0.39 is 5.97 Å². The smallest absolute Gasteiger partial charge is 0.349 e. The first-order valence-electron chi connectivity index (χ1n) is 6.21. The van der Waals surface area contributed by atoms with Gasteiger partial charge in [-0.3, -0.25) is 0 Å². The van der Waals surface area contributed by atoms with Gasteiger partial charge in [0.05, 0.1) is 0 Å². The molecule has 0 aliphatic rings. The number of ether oxygens (including phenoxy) is 1. The highest BCUT2D eigenvalue weighted by molar-refractivity contribution is 9.10. The van der Waals surface area contributed by atoms with Gasteiger partial charge in [0, 0.05) is 9.35 Å². The topological polar surface area (TPSA) is 46.5 Å². The van der Waals surface area contributed by atoms with Gasteiger partial charge in [-0.05, 0) is 29.7 Å². The Hall–Kier alpha value is -1.33. The zero-order valence-corrected chi connectivity index (χ0v) is 13.6. The van der Waals surface area contributed by atoms with Crippen LogP contribution in [0.4, 0.5) is 0 Å². The predicted octanol–water partition coefficient (Wildman–Crippen LogP) is 4.91. The van der Waals surface area contributed by atoms with E-state index in [-0.39, 0.29) is 4.88 Å². The highest BCUT2D eigenvalue weighted by Gasteiger charge is 2.18. The normalized spacial score (nSPS) is 10.8. The second-order valence-corrected chi connectivity index (χ2v) is 6.72. The van der Waals surface area contributed by atoms with Crippen LogP contribution in [0.2, 0.25) is 0 Å². The molecule has 0 saturated carbocycles. The van der Waals surface area contributed by atoms with E-state index in [1.807, 2.05) is 44.2 Å². The SMILES string of the molecule is CC(C)c1cc(OCc2ccc(Br)cc2)c(C(=O)O)s1. The van der Waals surface area contributed by atoms with Crippen molar-refractivity contribution in [3.05, 3.63) is 50.1 Å². The fraction of sp³-hybridized carbons (Fsp3) is 0.267. The summed E-state index contributed by atoms with van der Waals surface area (Å²) in [6, 6.07) is 9.59. The molecule has 5 heteroatoms. The zero-order valence-electron chi connectivity index (χ0n) is 11.2. The van der Waals surface area contributed by atoms with Crippen LogP contribution in [0.15, 0.2) is 34.8 Å². The summed E-state index contributed by atoms with van der Waals surface area (Å²) in [5, 5.41) is 9.22. The van der Waals surface area contributed by atoms with Gasteiger partial charge in [0.1, 0.15) is 12.4 Å². The molecule has 0 amide bonds. The number of hydrogen-bond donors (Lipinski definition) is 1. The maximum atomic E-state index is 11.2. The second-order valence-electron chi connectivity index (χ2n) is 4.72. The van der Waals surface area contributed by atoms with Gasteiger partial charge in [-0.1, -0.05) is 41.9 Å². The number of hydrogen-bond acceptors (Lipinski definition) is 3. The van der Waals surface area contributed by atoms with E-state index in [2.05, 4.69) is 15.9 Å². The Labute approximate surface area is 130 Å². The second kappa shape index (κ2) is 6.41. The van der Waals surface area contributed by atoms with Crippen LogP contribution in [0.1, 0.15) is 39.9 Å². The molecule has 3 nitrogen and oxygen atoms in total. The standard InChI is InChI=1S/C15H15BrO3S/c1-9(2)13-7-12(14(20-13)15(17)18)19-8-10-3-5-11(16)6-4-10/h3-7,9H,8H2,1-2H3,(H,17,18). The van der Waals surface area contributed by atoms with E-state index in [0.717, 1.165) is 14.9 Å². The first-order valence-corrected chi connectivity index (χ1v) is 7.82. The van der Waals surface area contributed by atoms with Gasteiger partial charge in [-0.2, -0.15) is 0 Å². The maximum Gasteiger partial charge on any atom is 0.349 e. The number of thiophene rings is 1. The third-order valence-corrected chi connectivity index (χ3v) is 4.72. The summed E-state index contributed by atoms with van der Waals surface area (Å²) in [6.07, 6.45) is 0. The lowest BCUT2D eigenvalue weighted by molar-refractivity contribution is 0.0697. The minimum absolute atomic E-state index is 0.269. The highest BCUT2D eigenvalue weighted by Crippen LogP contribution is 2.34. The Kier molecular flexibility index (Phi) is 4.83. The van der Waals surface area contributed by atoms with Crippen LogP contribution < -0.4 is 4.74 Å². The molecule has 0 aliphatic heterocycles. The fourth-order valence-corrected chi connectivity index (χ4v) is 2.88. The lowest BCUT2D eigenvalue weighted by Gasteiger charge is -2.05. The van der Waals surface area contributed by atoms with Gasteiger partial charge in [-0.15, -0.1) is 11.3 Å². The summed E-state index contributed by atoms with van der Waals surface area (Å²) < 4.78 is 6.67. The largest absolute Gasteiger partial charge is 0.487 e. The minimum atomic E-state index is -0.937. The molecule has 106 valence electrons. The number of carboxylic acids is 1. The van der Waals surface area contributed by atoms with Crippen LogP contribution in [0, 0.1) is 0 Å². The van der Waals surface area contributed by atoms with Crippen molar-refractivity contribution in [3.8, 4) is 5.75 Å². The van der Waals surface area contributed by atoms with E-state index in [1.54, 1.807) is 0 Å². The number of carbonyl (C=O) groups is 1. The molecule has 1 N–H and O–H groups in total. The third-order valence-electron chi connectivity index (χ3n) is 2.79.